The number of sulfonamides is 1. The molecule has 1 amide bonds. The number of carbonyl (C=O) groups is 1. The monoisotopic (exact) mass is 482 g/mol. The zero-order valence-corrected chi connectivity index (χ0v) is 20.6. The molecule has 0 radical (unpaired) electrons. The van der Waals surface area contributed by atoms with Crippen molar-refractivity contribution in [2.24, 2.45) is 5.92 Å². The van der Waals surface area contributed by atoms with Crippen LogP contribution in [0.4, 0.5) is 5.69 Å². The molecular formula is C25H30N4O4S. The van der Waals surface area contributed by atoms with Crippen molar-refractivity contribution in [3.63, 3.8) is 0 Å². The largest absolute Gasteiger partial charge is 0.339 e. The molecule has 0 atom stereocenters. The number of aromatic nitrogens is 2. The average molecular weight is 483 g/mol. The predicted molar refractivity (Wildman–Crippen MR) is 130 cm³/mol. The van der Waals surface area contributed by atoms with Crippen molar-refractivity contribution in [2.75, 3.05) is 18.4 Å². The van der Waals surface area contributed by atoms with Crippen LogP contribution in [-0.4, -0.2) is 41.9 Å². The molecule has 0 spiro atoms. The van der Waals surface area contributed by atoms with Crippen molar-refractivity contribution in [3.8, 4) is 11.4 Å². The van der Waals surface area contributed by atoms with E-state index < -0.39 is 10.0 Å². The number of nitrogens with zero attached hydrogens (tertiary/aromatic N) is 3. The molecular weight excluding hydrogens is 452 g/mol. The minimum atomic E-state index is -3.50. The standard InChI is InChI=1S/C25H30N4O4S/c1-17-12-14-29(15-13-17)34(31,32)22-8-5-20(6-9-22)25-27-24(33-28-25)11-10-23(30)26-21-7-4-18(2)19(3)16-21/h4-9,16-17H,10-15H2,1-3H3,(H,26,30). The third-order valence-corrected chi connectivity index (χ3v) is 8.23. The van der Waals surface area contributed by atoms with Gasteiger partial charge in [0.2, 0.25) is 27.6 Å². The fraction of sp³-hybridized carbons (Fsp3) is 0.400. The molecule has 0 bridgehead atoms. The fourth-order valence-corrected chi connectivity index (χ4v) is 5.36. The molecule has 8 nitrogen and oxygen atoms in total. The molecule has 4 rings (SSSR count). The number of benzene rings is 2. The molecule has 0 unspecified atom stereocenters. The van der Waals surface area contributed by atoms with Crippen molar-refractivity contribution >= 4 is 21.6 Å². The maximum atomic E-state index is 12.9. The third kappa shape index (κ3) is 5.53. The molecule has 9 heteroatoms. The summed E-state index contributed by atoms with van der Waals surface area (Å²) in [6, 6.07) is 12.3. The first kappa shape index (κ1) is 24.1. The summed E-state index contributed by atoms with van der Waals surface area (Å²) in [5, 5.41) is 6.86. The molecule has 0 aliphatic carbocycles. The van der Waals surface area contributed by atoms with Crippen LogP contribution >= 0.6 is 0 Å². The number of hydrogen-bond donors (Lipinski definition) is 1. The summed E-state index contributed by atoms with van der Waals surface area (Å²) in [6.45, 7) is 7.28. The summed E-state index contributed by atoms with van der Waals surface area (Å²) in [5.74, 6) is 1.13. The Morgan fingerprint density at radius 1 is 1.09 bits per heavy atom. The number of nitrogens with one attached hydrogen (secondary N) is 1. The second-order valence-corrected chi connectivity index (χ2v) is 10.9. The van der Waals surface area contributed by atoms with Gasteiger partial charge in [-0.2, -0.15) is 9.29 Å². The quantitative estimate of drug-likeness (QED) is 0.537. The Labute approximate surface area is 200 Å². The molecule has 1 aromatic heterocycles. The lowest BCUT2D eigenvalue weighted by atomic mass is 10.0. The zero-order valence-electron chi connectivity index (χ0n) is 19.7. The number of hydrogen-bond acceptors (Lipinski definition) is 6. The van der Waals surface area contributed by atoms with E-state index in [1.54, 1.807) is 28.6 Å². The van der Waals surface area contributed by atoms with Gasteiger partial charge in [0.15, 0.2) is 0 Å². The van der Waals surface area contributed by atoms with Crippen LogP contribution in [0.2, 0.25) is 0 Å². The fourth-order valence-electron chi connectivity index (χ4n) is 3.89. The van der Waals surface area contributed by atoms with Crippen molar-refractivity contribution in [2.45, 2.75) is 51.3 Å². The highest BCUT2D eigenvalue weighted by Crippen LogP contribution is 2.25. The molecule has 1 aliphatic rings. The summed E-state index contributed by atoms with van der Waals surface area (Å²) in [4.78, 5) is 16.9. The van der Waals surface area contributed by atoms with Crippen molar-refractivity contribution in [1.82, 2.24) is 14.4 Å². The summed E-state index contributed by atoms with van der Waals surface area (Å²) in [6.07, 6.45) is 2.28. The van der Waals surface area contributed by atoms with E-state index in [2.05, 4.69) is 22.4 Å². The summed E-state index contributed by atoms with van der Waals surface area (Å²) < 4.78 is 32.6. The summed E-state index contributed by atoms with van der Waals surface area (Å²) >= 11 is 0. The smallest absolute Gasteiger partial charge is 0.243 e. The van der Waals surface area contributed by atoms with Crippen molar-refractivity contribution in [3.05, 3.63) is 59.5 Å². The Bertz CT molecular complexity index is 1260. The highest BCUT2D eigenvalue weighted by Gasteiger charge is 2.28. The van der Waals surface area contributed by atoms with E-state index in [1.807, 2.05) is 32.0 Å². The number of amides is 1. The third-order valence-electron chi connectivity index (χ3n) is 6.32. The Morgan fingerprint density at radius 2 is 1.79 bits per heavy atom. The van der Waals surface area contributed by atoms with Crippen LogP contribution in [0.15, 0.2) is 51.9 Å². The second-order valence-electron chi connectivity index (χ2n) is 8.97. The molecule has 3 aromatic rings. The number of aryl methyl sites for hydroxylation is 3. The van der Waals surface area contributed by atoms with Crippen LogP contribution in [0.3, 0.4) is 0 Å². The van der Waals surface area contributed by atoms with Crippen LogP contribution in [0.25, 0.3) is 11.4 Å². The van der Waals surface area contributed by atoms with E-state index in [4.69, 9.17) is 4.52 Å². The van der Waals surface area contributed by atoms with Gasteiger partial charge >= 0.3 is 0 Å². The van der Waals surface area contributed by atoms with E-state index in [0.717, 1.165) is 24.1 Å². The average Bonchev–Trinajstić information content (AvgIpc) is 3.30. The topological polar surface area (TPSA) is 105 Å². The molecule has 180 valence electrons. The van der Waals surface area contributed by atoms with E-state index in [1.165, 1.54) is 5.56 Å². The van der Waals surface area contributed by atoms with Crippen molar-refractivity contribution in [1.29, 1.82) is 0 Å². The number of piperidine rings is 1. The lowest BCUT2D eigenvalue weighted by Crippen LogP contribution is -2.37. The Balaban J connectivity index is 1.35. The van der Waals surface area contributed by atoms with Gasteiger partial charge in [0.1, 0.15) is 0 Å². The summed E-state index contributed by atoms with van der Waals surface area (Å²) in [7, 11) is -3.50. The van der Waals surface area contributed by atoms with Gasteiger partial charge in [-0.1, -0.05) is 18.1 Å². The van der Waals surface area contributed by atoms with Gasteiger partial charge in [-0.15, -0.1) is 0 Å². The van der Waals surface area contributed by atoms with Crippen molar-refractivity contribution < 1.29 is 17.7 Å². The number of rotatable bonds is 7. The summed E-state index contributed by atoms with van der Waals surface area (Å²) in [5.41, 5.74) is 3.70. The maximum Gasteiger partial charge on any atom is 0.243 e. The Morgan fingerprint density at radius 3 is 2.47 bits per heavy atom. The molecule has 2 heterocycles. The number of anilines is 1. The van der Waals surface area contributed by atoms with Gasteiger partial charge in [0.25, 0.3) is 0 Å². The molecule has 34 heavy (non-hydrogen) atoms. The van der Waals surface area contributed by atoms with Crippen LogP contribution in [0.5, 0.6) is 0 Å². The lowest BCUT2D eigenvalue weighted by Gasteiger charge is -2.29. The van der Waals surface area contributed by atoms with Crippen LogP contribution in [0.1, 0.15) is 43.2 Å². The van der Waals surface area contributed by atoms with Crippen LogP contribution in [0, 0.1) is 19.8 Å². The predicted octanol–water partition coefficient (Wildman–Crippen LogP) is 4.35. The van der Waals surface area contributed by atoms with Gasteiger partial charge in [-0.05, 0) is 80.1 Å². The molecule has 1 fully saturated rings. The van der Waals surface area contributed by atoms with E-state index >= 15 is 0 Å². The molecule has 1 aliphatic heterocycles. The molecule has 0 saturated carbocycles. The minimum Gasteiger partial charge on any atom is -0.339 e. The van der Waals surface area contributed by atoms with E-state index in [9.17, 15) is 13.2 Å². The highest BCUT2D eigenvalue weighted by atomic mass is 32.2. The maximum absolute atomic E-state index is 12.9. The van der Waals surface area contributed by atoms with Gasteiger partial charge in [-0.25, -0.2) is 8.42 Å². The number of carbonyl (C=O) groups excluding carboxylic acids is 1. The highest BCUT2D eigenvalue weighted by molar-refractivity contribution is 7.89. The lowest BCUT2D eigenvalue weighted by molar-refractivity contribution is -0.116. The normalized spacial score (nSPS) is 15.4. The van der Waals surface area contributed by atoms with Gasteiger partial charge < -0.3 is 9.84 Å². The second kappa shape index (κ2) is 10.1. The Kier molecular flexibility index (Phi) is 7.13. The first-order valence-corrected chi connectivity index (χ1v) is 13.0. The van der Waals surface area contributed by atoms with Gasteiger partial charge in [0, 0.05) is 37.2 Å². The first-order valence-electron chi connectivity index (χ1n) is 11.5. The van der Waals surface area contributed by atoms with Crippen LogP contribution < -0.4 is 5.32 Å². The molecule has 1 saturated heterocycles. The van der Waals surface area contributed by atoms with E-state index in [0.29, 0.717) is 42.7 Å². The van der Waals surface area contributed by atoms with E-state index in [-0.39, 0.29) is 17.2 Å². The SMILES string of the molecule is Cc1ccc(NC(=O)CCc2nc(-c3ccc(S(=O)(=O)N4CCC(C)CC4)cc3)no2)cc1C. The van der Waals surface area contributed by atoms with Gasteiger partial charge in [0.05, 0.1) is 4.90 Å². The van der Waals surface area contributed by atoms with Gasteiger partial charge in [-0.3, -0.25) is 4.79 Å². The zero-order chi connectivity index (χ0) is 24.3. The minimum absolute atomic E-state index is 0.135. The first-order chi connectivity index (χ1) is 16.2. The molecule has 1 N–H and O–H groups in total. The Hall–Kier alpha value is -3.04. The molecule has 2 aromatic carbocycles. The van der Waals surface area contributed by atoms with Crippen LogP contribution in [-0.2, 0) is 21.2 Å².